The number of halogens is 2. The number of nitrogens with one attached hydrogen (secondary N) is 2. The fraction of sp³-hybridized carbons (Fsp3) is 0.368. The van der Waals surface area contributed by atoms with Gasteiger partial charge in [-0.15, -0.1) is 24.8 Å². The Morgan fingerprint density at radius 2 is 1.96 bits per heavy atom. The molecule has 0 radical (unpaired) electrons. The average Bonchev–Trinajstić information content (AvgIpc) is 2.67. The molecule has 2 aromatic rings. The molecular formula is C19H26Cl2N4O2. The van der Waals surface area contributed by atoms with Gasteiger partial charge in [-0.25, -0.2) is 4.98 Å². The maximum atomic E-state index is 12.8. The molecule has 0 spiro atoms. The third-order valence-electron chi connectivity index (χ3n) is 4.11. The van der Waals surface area contributed by atoms with Crippen molar-refractivity contribution in [2.75, 3.05) is 43.1 Å². The number of hydrogen-bond donors (Lipinski definition) is 2. The Hall–Kier alpha value is -1.86. The number of benzene rings is 1. The standard InChI is InChI=1S/C19H24N4O2.2ClH/c1-2-20-14-15-5-3-6-16(13-15)22-19(24)17-7-4-8-21-18(17)23-9-11-25-12-10-23;;/h3-8,13,20H,2,9-12,14H2,1H3,(H,22,24);2*1H. The quantitative estimate of drug-likeness (QED) is 0.762. The van der Waals surface area contributed by atoms with Crippen molar-refractivity contribution in [1.82, 2.24) is 10.3 Å². The Balaban J connectivity index is 0.00000182. The van der Waals surface area contributed by atoms with Gasteiger partial charge in [0.25, 0.3) is 5.91 Å². The van der Waals surface area contributed by atoms with Crippen LogP contribution in [-0.4, -0.2) is 43.7 Å². The molecule has 1 aliphatic rings. The number of carbonyl (C=O) groups excluding carboxylic acids is 1. The van der Waals surface area contributed by atoms with Crippen molar-refractivity contribution in [2.24, 2.45) is 0 Å². The van der Waals surface area contributed by atoms with E-state index in [9.17, 15) is 4.79 Å². The van der Waals surface area contributed by atoms with Gasteiger partial charge in [0.05, 0.1) is 18.8 Å². The second kappa shape index (κ2) is 11.8. The molecule has 3 rings (SSSR count). The zero-order valence-corrected chi connectivity index (χ0v) is 16.9. The van der Waals surface area contributed by atoms with E-state index >= 15 is 0 Å². The third kappa shape index (κ3) is 6.36. The summed E-state index contributed by atoms with van der Waals surface area (Å²) < 4.78 is 5.39. The van der Waals surface area contributed by atoms with Crippen LogP contribution in [0.1, 0.15) is 22.8 Å². The van der Waals surface area contributed by atoms with Gasteiger partial charge in [0.1, 0.15) is 5.82 Å². The molecule has 1 saturated heterocycles. The number of amides is 1. The normalized spacial score (nSPS) is 13.3. The van der Waals surface area contributed by atoms with Gasteiger partial charge >= 0.3 is 0 Å². The molecule has 0 bridgehead atoms. The van der Waals surface area contributed by atoms with Gasteiger partial charge < -0.3 is 20.3 Å². The molecule has 0 saturated carbocycles. The number of carbonyl (C=O) groups is 1. The molecule has 1 fully saturated rings. The largest absolute Gasteiger partial charge is 0.378 e. The smallest absolute Gasteiger partial charge is 0.259 e. The lowest BCUT2D eigenvalue weighted by Gasteiger charge is -2.29. The lowest BCUT2D eigenvalue weighted by Crippen LogP contribution is -2.38. The molecule has 2 heterocycles. The highest BCUT2D eigenvalue weighted by Crippen LogP contribution is 2.20. The van der Waals surface area contributed by atoms with Crippen LogP contribution < -0.4 is 15.5 Å². The first kappa shape index (κ1) is 23.2. The van der Waals surface area contributed by atoms with Crippen molar-refractivity contribution in [3.8, 4) is 0 Å². The van der Waals surface area contributed by atoms with E-state index in [0.717, 1.165) is 37.4 Å². The zero-order chi connectivity index (χ0) is 17.5. The highest BCUT2D eigenvalue weighted by Gasteiger charge is 2.19. The Kier molecular flexibility index (Phi) is 10.1. The van der Waals surface area contributed by atoms with Gasteiger partial charge in [-0.1, -0.05) is 19.1 Å². The predicted octanol–water partition coefficient (Wildman–Crippen LogP) is 3.12. The molecule has 148 valence electrons. The first-order valence-electron chi connectivity index (χ1n) is 8.66. The Bertz CT molecular complexity index is 724. The number of pyridine rings is 1. The maximum absolute atomic E-state index is 12.8. The second-order valence-corrected chi connectivity index (χ2v) is 5.91. The molecule has 1 aliphatic heterocycles. The summed E-state index contributed by atoms with van der Waals surface area (Å²) >= 11 is 0. The second-order valence-electron chi connectivity index (χ2n) is 5.91. The molecule has 0 atom stereocenters. The highest BCUT2D eigenvalue weighted by molar-refractivity contribution is 6.07. The van der Waals surface area contributed by atoms with Gasteiger partial charge in [-0.2, -0.15) is 0 Å². The summed E-state index contributed by atoms with van der Waals surface area (Å²) in [6, 6.07) is 11.5. The number of nitrogens with zero attached hydrogens (tertiary/aromatic N) is 2. The molecule has 0 aliphatic carbocycles. The summed E-state index contributed by atoms with van der Waals surface area (Å²) in [4.78, 5) is 19.3. The van der Waals surface area contributed by atoms with Crippen LogP contribution in [0.15, 0.2) is 42.6 Å². The third-order valence-corrected chi connectivity index (χ3v) is 4.11. The number of hydrogen-bond acceptors (Lipinski definition) is 5. The first-order chi connectivity index (χ1) is 12.3. The molecule has 0 unspecified atom stereocenters. The zero-order valence-electron chi connectivity index (χ0n) is 15.3. The average molecular weight is 413 g/mol. The predicted molar refractivity (Wildman–Crippen MR) is 114 cm³/mol. The molecule has 8 heteroatoms. The lowest BCUT2D eigenvalue weighted by atomic mass is 10.1. The molecule has 1 aromatic heterocycles. The molecule has 1 amide bonds. The first-order valence-corrected chi connectivity index (χ1v) is 8.66. The molecular weight excluding hydrogens is 387 g/mol. The van der Waals surface area contributed by atoms with E-state index in [4.69, 9.17) is 4.74 Å². The minimum Gasteiger partial charge on any atom is -0.378 e. The van der Waals surface area contributed by atoms with Crippen LogP contribution >= 0.6 is 24.8 Å². The van der Waals surface area contributed by atoms with Crippen molar-refractivity contribution >= 4 is 42.2 Å². The topological polar surface area (TPSA) is 66.5 Å². The van der Waals surface area contributed by atoms with Gasteiger partial charge in [0, 0.05) is 31.5 Å². The van der Waals surface area contributed by atoms with Crippen LogP contribution in [0.4, 0.5) is 11.5 Å². The Morgan fingerprint density at radius 1 is 1.19 bits per heavy atom. The molecule has 27 heavy (non-hydrogen) atoms. The van der Waals surface area contributed by atoms with Crippen molar-refractivity contribution < 1.29 is 9.53 Å². The molecule has 6 nitrogen and oxygen atoms in total. The highest BCUT2D eigenvalue weighted by atomic mass is 35.5. The van der Waals surface area contributed by atoms with Crippen molar-refractivity contribution in [3.63, 3.8) is 0 Å². The van der Waals surface area contributed by atoms with E-state index in [0.29, 0.717) is 24.6 Å². The van der Waals surface area contributed by atoms with Crippen LogP contribution in [0.2, 0.25) is 0 Å². The van der Waals surface area contributed by atoms with E-state index in [1.54, 1.807) is 12.3 Å². The minimum atomic E-state index is -0.143. The van der Waals surface area contributed by atoms with E-state index in [-0.39, 0.29) is 30.7 Å². The summed E-state index contributed by atoms with van der Waals surface area (Å²) in [7, 11) is 0. The maximum Gasteiger partial charge on any atom is 0.259 e. The summed E-state index contributed by atoms with van der Waals surface area (Å²) in [6.45, 7) is 6.57. The van der Waals surface area contributed by atoms with Crippen LogP contribution in [0.25, 0.3) is 0 Å². The van der Waals surface area contributed by atoms with Crippen LogP contribution in [0, 0.1) is 0 Å². The van der Waals surface area contributed by atoms with E-state index in [1.165, 1.54) is 0 Å². The lowest BCUT2D eigenvalue weighted by molar-refractivity contribution is 0.102. The molecule has 1 aromatic carbocycles. The van der Waals surface area contributed by atoms with Gasteiger partial charge in [-0.05, 0) is 36.4 Å². The SMILES string of the molecule is CCNCc1cccc(NC(=O)c2cccnc2N2CCOCC2)c1.Cl.Cl. The van der Waals surface area contributed by atoms with Gasteiger partial charge in [0.2, 0.25) is 0 Å². The monoisotopic (exact) mass is 412 g/mol. The number of morpholine rings is 1. The fourth-order valence-electron chi connectivity index (χ4n) is 2.83. The summed E-state index contributed by atoms with van der Waals surface area (Å²) in [5.74, 6) is 0.572. The fourth-order valence-corrected chi connectivity index (χ4v) is 2.83. The number of anilines is 2. The van der Waals surface area contributed by atoms with Gasteiger partial charge in [0.15, 0.2) is 0 Å². The van der Waals surface area contributed by atoms with E-state index in [2.05, 4.69) is 27.4 Å². The van der Waals surface area contributed by atoms with Crippen molar-refractivity contribution in [3.05, 3.63) is 53.7 Å². The minimum absolute atomic E-state index is 0. The Morgan fingerprint density at radius 3 is 2.70 bits per heavy atom. The number of rotatable bonds is 6. The van der Waals surface area contributed by atoms with E-state index < -0.39 is 0 Å². The van der Waals surface area contributed by atoms with Crippen LogP contribution in [0.5, 0.6) is 0 Å². The van der Waals surface area contributed by atoms with Crippen molar-refractivity contribution in [1.29, 1.82) is 0 Å². The number of ether oxygens (including phenoxy) is 1. The van der Waals surface area contributed by atoms with Crippen LogP contribution in [-0.2, 0) is 11.3 Å². The molecule has 2 N–H and O–H groups in total. The summed E-state index contributed by atoms with van der Waals surface area (Å²) in [5.41, 5.74) is 2.51. The number of aromatic nitrogens is 1. The summed E-state index contributed by atoms with van der Waals surface area (Å²) in [6.07, 6.45) is 1.72. The van der Waals surface area contributed by atoms with Gasteiger partial charge in [-0.3, -0.25) is 4.79 Å². The van der Waals surface area contributed by atoms with E-state index in [1.807, 2.05) is 30.3 Å². The summed E-state index contributed by atoms with van der Waals surface area (Å²) in [5, 5.41) is 6.28. The van der Waals surface area contributed by atoms with Crippen LogP contribution in [0.3, 0.4) is 0 Å². The van der Waals surface area contributed by atoms with Crippen molar-refractivity contribution in [2.45, 2.75) is 13.5 Å². The Labute approximate surface area is 172 Å².